The topological polar surface area (TPSA) is 40.2 Å². The number of nitrogens with zero attached hydrogens (tertiary/aromatic N) is 1. The molecule has 15 heavy (non-hydrogen) atoms. The summed E-state index contributed by atoms with van der Waals surface area (Å²) in [5, 5.41) is 7.85. The molecule has 2 aromatic rings. The van der Waals surface area contributed by atoms with Crippen molar-refractivity contribution in [2.24, 2.45) is 5.10 Å². The van der Waals surface area contributed by atoms with Crippen LogP contribution in [0.5, 0.6) is 0 Å². The number of fused-ring (bicyclic) bond motifs is 3. The van der Waals surface area contributed by atoms with Gasteiger partial charge in [0.1, 0.15) is 5.70 Å². The monoisotopic (exact) mass is 213 g/mol. The molecule has 1 aliphatic heterocycles. The van der Waals surface area contributed by atoms with Crippen molar-refractivity contribution in [3.05, 3.63) is 35.5 Å². The molecule has 1 aromatic heterocycles. The van der Waals surface area contributed by atoms with E-state index in [0.717, 1.165) is 27.9 Å². The minimum Gasteiger partial charge on any atom is -0.352 e. The number of rotatable bonds is 0. The highest BCUT2D eigenvalue weighted by Crippen LogP contribution is 2.25. The molecule has 0 spiro atoms. The summed E-state index contributed by atoms with van der Waals surface area (Å²) in [4.78, 5) is 3.30. The summed E-state index contributed by atoms with van der Waals surface area (Å²) in [6.45, 7) is 0. The van der Waals surface area contributed by atoms with E-state index in [0.29, 0.717) is 0 Å². The lowest BCUT2D eigenvalue weighted by molar-refractivity contribution is 0.986. The van der Waals surface area contributed by atoms with Crippen LogP contribution in [0.1, 0.15) is 11.3 Å². The SMILES string of the molecule is S=C=C1NN=Cc2c1[nH]c1ccccc21. The predicted octanol–water partition coefficient (Wildman–Crippen LogP) is 2.04. The van der Waals surface area contributed by atoms with Crippen LogP contribution in [-0.2, 0) is 0 Å². The molecule has 0 saturated heterocycles. The van der Waals surface area contributed by atoms with E-state index in [1.54, 1.807) is 6.21 Å². The number of hydrogen-bond acceptors (Lipinski definition) is 3. The molecule has 1 aromatic carbocycles. The number of hydrogen-bond donors (Lipinski definition) is 2. The van der Waals surface area contributed by atoms with Gasteiger partial charge < -0.3 is 4.98 Å². The molecule has 0 unspecified atom stereocenters. The molecule has 1 aliphatic rings. The Morgan fingerprint density at radius 3 is 3.00 bits per heavy atom. The quantitative estimate of drug-likeness (QED) is 0.657. The van der Waals surface area contributed by atoms with Crippen molar-refractivity contribution in [1.29, 1.82) is 0 Å². The van der Waals surface area contributed by atoms with Crippen molar-refractivity contribution in [1.82, 2.24) is 10.4 Å². The van der Waals surface area contributed by atoms with Crippen molar-refractivity contribution in [3.8, 4) is 0 Å². The van der Waals surface area contributed by atoms with Gasteiger partial charge in [0.15, 0.2) is 0 Å². The van der Waals surface area contributed by atoms with Gasteiger partial charge in [-0.3, -0.25) is 5.43 Å². The van der Waals surface area contributed by atoms with Gasteiger partial charge >= 0.3 is 0 Å². The zero-order valence-corrected chi connectivity index (χ0v) is 8.56. The van der Waals surface area contributed by atoms with Gasteiger partial charge in [-0.15, -0.1) is 0 Å². The number of aromatic nitrogens is 1. The van der Waals surface area contributed by atoms with Gasteiger partial charge in [0.2, 0.25) is 0 Å². The maximum Gasteiger partial charge on any atom is 0.134 e. The Labute approximate surface area is 91.5 Å². The summed E-state index contributed by atoms with van der Waals surface area (Å²) < 4.78 is 0. The molecule has 0 fully saturated rings. The van der Waals surface area contributed by atoms with Crippen LogP contribution in [0.4, 0.5) is 0 Å². The molecule has 4 heteroatoms. The second-order valence-electron chi connectivity index (χ2n) is 3.31. The van der Waals surface area contributed by atoms with Crippen molar-refractivity contribution < 1.29 is 0 Å². The van der Waals surface area contributed by atoms with Crippen molar-refractivity contribution >= 4 is 40.1 Å². The first-order valence-corrected chi connectivity index (χ1v) is 4.96. The molecule has 3 rings (SSSR count). The third-order valence-electron chi connectivity index (χ3n) is 2.47. The molecule has 0 bridgehead atoms. The molecule has 0 saturated carbocycles. The van der Waals surface area contributed by atoms with Crippen LogP contribution in [0.2, 0.25) is 0 Å². The second-order valence-corrected chi connectivity index (χ2v) is 3.51. The Kier molecular flexibility index (Phi) is 1.71. The first kappa shape index (κ1) is 8.41. The standard InChI is InChI=1S/C11H7N3S/c15-6-10-11-8(5-12-14-10)7-3-1-2-4-9(7)13-11/h1-5,13-14H. The summed E-state index contributed by atoms with van der Waals surface area (Å²) in [6.07, 6.45) is 1.80. The van der Waals surface area contributed by atoms with Crippen molar-refractivity contribution in [2.45, 2.75) is 0 Å². The lowest BCUT2D eigenvalue weighted by Crippen LogP contribution is -2.12. The fourth-order valence-electron chi connectivity index (χ4n) is 1.79. The highest BCUT2D eigenvalue weighted by Gasteiger charge is 2.15. The molecule has 2 N–H and O–H groups in total. The minimum atomic E-state index is 0.721. The summed E-state index contributed by atoms with van der Waals surface area (Å²) >= 11 is 4.81. The van der Waals surface area contributed by atoms with Gasteiger partial charge in [-0.2, -0.15) is 5.10 Å². The van der Waals surface area contributed by atoms with E-state index in [9.17, 15) is 0 Å². The fraction of sp³-hybridized carbons (Fsp3) is 0. The highest BCUT2D eigenvalue weighted by atomic mass is 32.1. The predicted molar refractivity (Wildman–Crippen MR) is 65.0 cm³/mol. The Bertz CT molecular complexity index is 618. The Hall–Kier alpha value is -1.90. The molecule has 2 heterocycles. The normalized spacial score (nSPS) is 13.5. The molecule has 0 radical (unpaired) electrons. The maximum atomic E-state index is 4.81. The van der Waals surface area contributed by atoms with Crippen LogP contribution >= 0.6 is 12.2 Å². The number of thiocarbonyl (C=S) groups is 1. The number of nitrogens with one attached hydrogen (secondary N) is 2. The first-order valence-electron chi connectivity index (χ1n) is 4.55. The Morgan fingerprint density at radius 2 is 2.13 bits per heavy atom. The number of H-pyrrole nitrogens is 1. The van der Waals surface area contributed by atoms with Crippen LogP contribution in [0.25, 0.3) is 16.6 Å². The zero-order chi connectivity index (χ0) is 10.3. The van der Waals surface area contributed by atoms with Crippen LogP contribution in [0.3, 0.4) is 0 Å². The van der Waals surface area contributed by atoms with E-state index >= 15 is 0 Å². The maximum absolute atomic E-state index is 4.81. The lowest BCUT2D eigenvalue weighted by atomic mass is 10.1. The average molecular weight is 213 g/mol. The molecule has 72 valence electrons. The molecule has 0 aliphatic carbocycles. The largest absolute Gasteiger partial charge is 0.352 e. The molecule has 0 atom stereocenters. The summed E-state index contributed by atoms with van der Waals surface area (Å²) in [5.41, 5.74) is 6.66. The fourth-order valence-corrected chi connectivity index (χ4v) is 1.93. The Morgan fingerprint density at radius 1 is 1.27 bits per heavy atom. The van der Waals surface area contributed by atoms with E-state index in [4.69, 9.17) is 12.2 Å². The van der Waals surface area contributed by atoms with Crippen LogP contribution < -0.4 is 5.43 Å². The zero-order valence-electron chi connectivity index (χ0n) is 7.74. The highest BCUT2D eigenvalue weighted by molar-refractivity contribution is 7.78. The summed E-state index contributed by atoms with van der Waals surface area (Å²) in [6, 6.07) is 8.09. The van der Waals surface area contributed by atoms with E-state index in [-0.39, 0.29) is 0 Å². The van der Waals surface area contributed by atoms with Gasteiger partial charge in [0, 0.05) is 16.5 Å². The first-order chi connectivity index (χ1) is 7.40. The molecule has 3 nitrogen and oxygen atoms in total. The van der Waals surface area contributed by atoms with Gasteiger partial charge in [-0.1, -0.05) is 18.2 Å². The smallest absolute Gasteiger partial charge is 0.134 e. The van der Waals surface area contributed by atoms with Gasteiger partial charge in [-0.05, 0) is 23.3 Å². The van der Waals surface area contributed by atoms with E-state index in [2.05, 4.69) is 26.6 Å². The number of para-hydroxylation sites is 1. The van der Waals surface area contributed by atoms with Crippen LogP contribution in [-0.4, -0.2) is 16.2 Å². The Balaban J connectivity index is 2.45. The molecular formula is C11H7N3S. The molecule has 0 amide bonds. The summed E-state index contributed by atoms with van der Waals surface area (Å²) in [7, 11) is 0. The summed E-state index contributed by atoms with van der Waals surface area (Å²) in [5.74, 6) is 0. The van der Waals surface area contributed by atoms with E-state index < -0.39 is 0 Å². The van der Waals surface area contributed by atoms with Gasteiger partial charge in [0.25, 0.3) is 0 Å². The third kappa shape index (κ3) is 1.13. The van der Waals surface area contributed by atoms with Crippen LogP contribution in [0.15, 0.2) is 29.4 Å². The van der Waals surface area contributed by atoms with E-state index in [1.807, 2.05) is 18.2 Å². The van der Waals surface area contributed by atoms with Gasteiger partial charge in [-0.25, -0.2) is 0 Å². The van der Waals surface area contributed by atoms with Gasteiger partial charge in [0.05, 0.1) is 11.9 Å². The van der Waals surface area contributed by atoms with Crippen molar-refractivity contribution in [3.63, 3.8) is 0 Å². The molecular weight excluding hydrogens is 206 g/mol. The number of benzene rings is 1. The van der Waals surface area contributed by atoms with E-state index in [1.165, 1.54) is 0 Å². The van der Waals surface area contributed by atoms with Crippen LogP contribution in [0, 0.1) is 0 Å². The number of hydrazone groups is 1. The minimum absolute atomic E-state index is 0.721. The number of aromatic amines is 1. The second kappa shape index (κ2) is 3.05. The average Bonchev–Trinajstić information content (AvgIpc) is 2.67. The van der Waals surface area contributed by atoms with Crippen molar-refractivity contribution in [2.75, 3.05) is 0 Å². The third-order valence-corrected chi connectivity index (χ3v) is 2.67. The lowest BCUT2D eigenvalue weighted by Gasteiger charge is -2.07.